The van der Waals surface area contributed by atoms with Gasteiger partial charge in [0.1, 0.15) is 26.9 Å². The first-order valence-electron chi connectivity index (χ1n) is 5.37. The van der Waals surface area contributed by atoms with Crippen LogP contribution >= 0.6 is 15.9 Å². The number of nitrogens with zero attached hydrogens (tertiary/aromatic N) is 1. The van der Waals surface area contributed by atoms with E-state index in [0.29, 0.717) is 0 Å². The van der Waals surface area contributed by atoms with Gasteiger partial charge in [0.2, 0.25) is 0 Å². The number of hydrogen-bond donors (Lipinski definition) is 2. The predicted octanol–water partition coefficient (Wildman–Crippen LogP) is -0.840. The second-order valence-electron chi connectivity index (χ2n) is 3.35. The Hall–Kier alpha value is -1.26. The van der Waals surface area contributed by atoms with E-state index in [1.54, 1.807) is 0 Å². The fraction of sp³-hybridized carbons (Fsp3) is 0.700. The maximum atomic E-state index is 13.8. The number of alkyl halides is 2. The first kappa shape index (κ1) is 18.7. The van der Waals surface area contributed by atoms with Crippen LogP contribution in [-0.2, 0) is 23.9 Å². The molecule has 0 unspecified atom stereocenters. The van der Waals surface area contributed by atoms with Crippen LogP contribution in [0.1, 0.15) is 0 Å². The van der Waals surface area contributed by atoms with E-state index in [2.05, 4.69) is 35.4 Å². The van der Waals surface area contributed by atoms with Crippen LogP contribution in [-0.4, -0.2) is 72.4 Å². The van der Waals surface area contributed by atoms with Gasteiger partial charge in [0.25, 0.3) is 0 Å². The number of rotatable bonds is 9. The number of carbonyl (C=O) groups is 2. The summed E-state index contributed by atoms with van der Waals surface area (Å²) in [6.07, 6.45) is -2.51. The minimum atomic E-state index is -1.86. The van der Waals surface area contributed by atoms with Gasteiger partial charge in [0, 0.05) is 0 Å². The zero-order valence-corrected chi connectivity index (χ0v) is 12.2. The van der Waals surface area contributed by atoms with Gasteiger partial charge in [-0.25, -0.2) is 14.0 Å². The maximum absolute atomic E-state index is 13.8. The molecule has 0 saturated carbocycles. The number of ether oxygens (including phenoxy) is 2. The van der Waals surface area contributed by atoms with Crippen molar-refractivity contribution >= 4 is 34.1 Å². The molecule has 3 atom stereocenters. The Morgan fingerprint density at radius 1 is 1.35 bits per heavy atom. The van der Waals surface area contributed by atoms with Crippen molar-refractivity contribution in [3.05, 3.63) is 0 Å². The molecule has 0 aliphatic rings. The lowest BCUT2D eigenvalue weighted by Gasteiger charge is -2.23. The van der Waals surface area contributed by atoms with Gasteiger partial charge in [-0.3, -0.25) is 0 Å². The van der Waals surface area contributed by atoms with Crippen molar-refractivity contribution in [3.8, 4) is 0 Å². The molecule has 0 radical (unpaired) electrons. The Kier molecular flexibility index (Phi) is 9.86. The zero-order chi connectivity index (χ0) is 15.5. The Morgan fingerprint density at radius 3 is 2.45 bits per heavy atom. The summed E-state index contributed by atoms with van der Waals surface area (Å²) in [5.41, 5.74) is 0. The molecule has 2 N–H and O–H groups in total. The maximum Gasteiger partial charge on any atom is 0.332 e. The Labute approximate surface area is 122 Å². The van der Waals surface area contributed by atoms with Crippen LogP contribution in [0.25, 0.3) is 0 Å². The van der Waals surface area contributed by atoms with Crippen molar-refractivity contribution in [3.63, 3.8) is 0 Å². The lowest BCUT2D eigenvalue weighted by molar-refractivity contribution is -0.156. The number of hydrogen-bond acceptors (Lipinski definition) is 8. The van der Waals surface area contributed by atoms with E-state index < -0.39 is 42.3 Å². The molecule has 0 amide bonds. The highest BCUT2D eigenvalue weighted by Gasteiger charge is 2.32. The van der Waals surface area contributed by atoms with Crippen LogP contribution in [0.4, 0.5) is 4.39 Å². The number of halogens is 2. The number of oxime groups is 1. The van der Waals surface area contributed by atoms with Gasteiger partial charge in [-0.2, -0.15) is 0 Å². The first-order valence-corrected chi connectivity index (χ1v) is 6.29. The molecule has 20 heavy (non-hydrogen) atoms. The SMILES string of the molecule is CON=C[C@@H](F)[C@H](OC(=O)CO)[C@@H](Br)COC(=O)CO. The van der Waals surface area contributed by atoms with Crippen molar-refractivity contribution in [1.29, 1.82) is 0 Å². The molecule has 0 spiro atoms. The fourth-order valence-electron chi connectivity index (χ4n) is 1.04. The van der Waals surface area contributed by atoms with E-state index in [1.807, 2.05) is 0 Å². The molecule has 116 valence electrons. The van der Waals surface area contributed by atoms with Crippen LogP contribution in [0.5, 0.6) is 0 Å². The lowest BCUT2D eigenvalue weighted by Crippen LogP contribution is -2.40. The molecule has 0 heterocycles. The second kappa shape index (κ2) is 10.5. The fourth-order valence-corrected chi connectivity index (χ4v) is 1.58. The van der Waals surface area contributed by atoms with Gasteiger partial charge in [-0.05, 0) is 0 Å². The van der Waals surface area contributed by atoms with Crippen LogP contribution in [0.15, 0.2) is 5.16 Å². The Balaban J connectivity index is 4.68. The average molecular weight is 360 g/mol. The van der Waals surface area contributed by atoms with E-state index in [4.69, 9.17) is 10.2 Å². The average Bonchev–Trinajstić information content (AvgIpc) is 2.46. The monoisotopic (exact) mass is 359 g/mol. The van der Waals surface area contributed by atoms with Gasteiger partial charge < -0.3 is 24.5 Å². The molecule has 0 aromatic carbocycles. The minimum Gasteiger partial charge on any atom is -0.463 e. The summed E-state index contributed by atoms with van der Waals surface area (Å²) in [5, 5.41) is 20.3. The smallest absolute Gasteiger partial charge is 0.332 e. The minimum absolute atomic E-state index is 0.357. The summed E-state index contributed by atoms with van der Waals surface area (Å²) in [5.74, 6) is -1.97. The predicted molar refractivity (Wildman–Crippen MR) is 68.1 cm³/mol. The van der Waals surface area contributed by atoms with Crippen molar-refractivity contribution in [1.82, 2.24) is 0 Å². The molecule has 0 aromatic rings. The summed E-state index contributed by atoms with van der Waals surface area (Å²) in [6, 6.07) is 0. The summed E-state index contributed by atoms with van der Waals surface area (Å²) in [4.78, 5) is 25.2. The first-order chi connectivity index (χ1) is 9.46. The highest BCUT2D eigenvalue weighted by atomic mass is 79.9. The van der Waals surface area contributed by atoms with E-state index in [-0.39, 0.29) is 6.61 Å². The summed E-state index contributed by atoms with van der Waals surface area (Å²) in [7, 11) is 1.20. The van der Waals surface area contributed by atoms with Crippen LogP contribution in [0.3, 0.4) is 0 Å². The molecule has 10 heteroatoms. The summed E-state index contributed by atoms with van der Waals surface area (Å²) < 4.78 is 23.0. The van der Waals surface area contributed by atoms with Crippen molar-refractivity contribution in [2.45, 2.75) is 17.1 Å². The van der Waals surface area contributed by atoms with Gasteiger partial charge in [0.15, 0.2) is 12.3 Å². The van der Waals surface area contributed by atoms with Gasteiger partial charge in [-0.15, -0.1) is 0 Å². The zero-order valence-electron chi connectivity index (χ0n) is 10.6. The number of aliphatic hydroxyl groups excluding tert-OH is 2. The van der Waals surface area contributed by atoms with Crippen molar-refractivity contribution in [2.24, 2.45) is 5.16 Å². The number of carbonyl (C=O) groups excluding carboxylic acids is 2. The third-order valence-electron chi connectivity index (χ3n) is 1.91. The molecular formula is C10H15BrFNO7. The molecule has 8 nitrogen and oxygen atoms in total. The molecule has 0 rings (SSSR count). The molecule has 0 aromatic heterocycles. The third-order valence-corrected chi connectivity index (χ3v) is 2.69. The third kappa shape index (κ3) is 7.36. The van der Waals surface area contributed by atoms with E-state index in [0.717, 1.165) is 6.21 Å². The van der Waals surface area contributed by atoms with Crippen molar-refractivity contribution < 1.29 is 38.5 Å². The number of aliphatic hydroxyl groups is 2. The lowest BCUT2D eigenvalue weighted by atomic mass is 10.2. The number of esters is 2. The molecule has 0 saturated heterocycles. The van der Waals surface area contributed by atoms with Crippen molar-refractivity contribution in [2.75, 3.05) is 26.9 Å². The topological polar surface area (TPSA) is 115 Å². The quantitative estimate of drug-likeness (QED) is 0.238. The van der Waals surface area contributed by atoms with Gasteiger partial charge in [0.05, 0.1) is 11.0 Å². The standard InChI is InChI=1S/C10H15BrFNO7/c1-18-13-2-7(12)10(20-9(17)4-15)6(11)5-19-8(16)3-14/h2,6-7,10,14-15H,3-5H2,1H3/t6-,7+,10+/m0/s1. The van der Waals surface area contributed by atoms with E-state index in [1.165, 1.54) is 7.11 Å². The Morgan fingerprint density at radius 2 is 1.95 bits per heavy atom. The van der Waals surface area contributed by atoms with E-state index >= 15 is 0 Å². The van der Waals surface area contributed by atoms with E-state index in [9.17, 15) is 14.0 Å². The van der Waals surface area contributed by atoms with Gasteiger partial charge >= 0.3 is 11.9 Å². The molecule has 0 fully saturated rings. The molecular weight excluding hydrogens is 345 g/mol. The molecule has 0 bridgehead atoms. The Bertz CT molecular complexity index is 342. The summed E-state index contributed by atoms with van der Waals surface area (Å²) >= 11 is 2.99. The second-order valence-corrected chi connectivity index (χ2v) is 4.53. The summed E-state index contributed by atoms with van der Waals surface area (Å²) in [6.45, 7) is -2.12. The highest BCUT2D eigenvalue weighted by molar-refractivity contribution is 9.09. The molecule has 0 aliphatic heterocycles. The largest absolute Gasteiger partial charge is 0.463 e. The van der Waals surface area contributed by atoms with Crippen LogP contribution in [0, 0.1) is 0 Å². The van der Waals surface area contributed by atoms with Crippen LogP contribution < -0.4 is 0 Å². The highest BCUT2D eigenvalue weighted by Crippen LogP contribution is 2.16. The normalized spacial score (nSPS) is 15.4. The molecule has 0 aliphatic carbocycles. The van der Waals surface area contributed by atoms with Gasteiger partial charge in [-0.1, -0.05) is 21.1 Å². The van der Waals surface area contributed by atoms with Crippen LogP contribution in [0.2, 0.25) is 0 Å².